The van der Waals surface area contributed by atoms with Crippen LogP contribution in [0.15, 0.2) is 18.3 Å². The molecule has 1 aliphatic rings. The zero-order valence-electron chi connectivity index (χ0n) is 10.8. The Labute approximate surface area is 103 Å². The second kappa shape index (κ2) is 5.50. The van der Waals surface area contributed by atoms with Crippen molar-refractivity contribution in [2.75, 3.05) is 18.5 Å². The van der Waals surface area contributed by atoms with Gasteiger partial charge in [-0.05, 0) is 37.3 Å². The van der Waals surface area contributed by atoms with Gasteiger partial charge in [0.05, 0.1) is 23.7 Å². The molecule has 0 saturated heterocycles. The van der Waals surface area contributed by atoms with E-state index in [1.54, 1.807) is 0 Å². The quantitative estimate of drug-likeness (QED) is 0.851. The van der Waals surface area contributed by atoms with Crippen LogP contribution in [0.3, 0.4) is 0 Å². The first-order valence-electron chi connectivity index (χ1n) is 6.56. The van der Waals surface area contributed by atoms with E-state index >= 15 is 0 Å². The topological polar surface area (TPSA) is 36.4 Å². The summed E-state index contributed by atoms with van der Waals surface area (Å²) in [5.41, 5.74) is 1.91. The lowest BCUT2D eigenvalue weighted by Gasteiger charge is -2.31. The fourth-order valence-corrected chi connectivity index (χ4v) is 2.20. The maximum atomic E-state index is 9.68. The second-order valence-corrected chi connectivity index (χ2v) is 5.04. The molecule has 2 rings (SSSR count). The molecular weight excluding hydrogens is 212 g/mol. The third-order valence-corrected chi connectivity index (χ3v) is 3.70. The fraction of sp³-hybridized carbons (Fsp3) is 0.643. The molecule has 0 aliphatic heterocycles. The summed E-state index contributed by atoms with van der Waals surface area (Å²) in [7, 11) is 2.12. The predicted octanol–water partition coefficient (Wildman–Crippen LogP) is 2.76. The average Bonchev–Trinajstić information content (AvgIpc) is 2.32. The molecule has 0 spiro atoms. The molecule has 0 bridgehead atoms. The Morgan fingerprint density at radius 1 is 1.47 bits per heavy atom. The summed E-state index contributed by atoms with van der Waals surface area (Å²) < 4.78 is 0. The van der Waals surface area contributed by atoms with Gasteiger partial charge in [-0.15, -0.1) is 0 Å². The Bertz CT molecular complexity index is 346. The molecule has 3 heteroatoms. The van der Waals surface area contributed by atoms with Gasteiger partial charge in [0.25, 0.3) is 0 Å². The van der Waals surface area contributed by atoms with Gasteiger partial charge in [0.2, 0.25) is 0 Å². The maximum Gasteiger partial charge on any atom is 0.0957 e. The summed E-state index contributed by atoms with van der Waals surface area (Å²) in [6, 6.07) is 3.99. The van der Waals surface area contributed by atoms with Crippen molar-refractivity contribution in [1.82, 2.24) is 4.98 Å². The van der Waals surface area contributed by atoms with Crippen molar-refractivity contribution >= 4 is 5.69 Å². The van der Waals surface area contributed by atoms with E-state index in [0.717, 1.165) is 23.8 Å². The van der Waals surface area contributed by atoms with Crippen LogP contribution in [0.5, 0.6) is 0 Å². The number of anilines is 1. The van der Waals surface area contributed by atoms with Crippen molar-refractivity contribution < 1.29 is 5.11 Å². The number of pyridine rings is 1. The van der Waals surface area contributed by atoms with Crippen molar-refractivity contribution in [2.24, 2.45) is 5.92 Å². The van der Waals surface area contributed by atoms with Crippen molar-refractivity contribution in [3.8, 4) is 0 Å². The minimum atomic E-state index is -0.430. The van der Waals surface area contributed by atoms with Gasteiger partial charge >= 0.3 is 0 Å². The highest BCUT2D eigenvalue weighted by atomic mass is 16.3. The minimum Gasteiger partial charge on any atom is -0.387 e. The van der Waals surface area contributed by atoms with Crippen molar-refractivity contribution in [1.29, 1.82) is 0 Å². The van der Waals surface area contributed by atoms with Crippen LogP contribution >= 0.6 is 0 Å². The van der Waals surface area contributed by atoms with Crippen molar-refractivity contribution in [3.63, 3.8) is 0 Å². The first-order valence-corrected chi connectivity index (χ1v) is 6.56. The monoisotopic (exact) mass is 234 g/mol. The Morgan fingerprint density at radius 3 is 2.71 bits per heavy atom. The molecule has 0 aromatic carbocycles. The van der Waals surface area contributed by atoms with Crippen LogP contribution in [-0.2, 0) is 0 Å². The summed E-state index contributed by atoms with van der Waals surface area (Å²) >= 11 is 0. The molecule has 0 unspecified atom stereocenters. The number of aliphatic hydroxyl groups is 1. The van der Waals surface area contributed by atoms with Crippen LogP contribution in [0.25, 0.3) is 0 Å². The Kier molecular flexibility index (Phi) is 4.00. The normalized spacial score (nSPS) is 17.6. The van der Waals surface area contributed by atoms with Crippen LogP contribution in [0.4, 0.5) is 5.69 Å². The van der Waals surface area contributed by atoms with E-state index in [2.05, 4.69) is 23.0 Å². The first-order chi connectivity index (χ1) is 8.20. The van der Waals surface area contributed by atoms with Gasteiger partial charge in [-0.25, -0.2) is 0 Å². The molecule has 1 atom stereocenters. The molecule has 3 nitrogen and oxygen atoms in total. The third-order valence-electron chi connectivity index (χ3n) is 3.70. The third kappa shape index (κ3) is 2.97. The molecule has 1 aromatic heterocycles. The summed E-state index contributed by atoms with van der Waals surface area (Å²) in [5.74, 6) is 0.862. The lowest BCUT2D eigenvalue weighted by atomic mass is 9.85. The fourth-order valence-electron chi connectivity index (χ4n) is 2.20. The molecule has 0 radical (unpaired) electrons. The van der Waals surface area contributed by atoms with Crippen LogP contribution in [0.2, 0.25) is 0 Å². The number of hydrogen-bond donors (Lipinski definition) is 1. The van der Waals surface area contributed by atoms with E-state index in [1.165, 1.54) is 19.3 Å². The van der Waals surface area contributed by atoms with Crippen LogP contribution in [0.1, 0.15) is 44.4 Å². The number of hydrogen-bond acceptors (Lipinski definition) is 3. The van der Waals surface area contributed by atoms with Crippen LogP contribution < -0.4 is 4.90 Å². The Balaban J connectivity index is 1.96. The maximum absolute atomic E-state index is 9.68. The number of aromatic nitrogens is 1. The Hall–Kier alpha value is -1.09. The number of rotatable bonds is 5. The van der Waals surface area contributed by atoms with Crippen LogP contribution in [0, 0.1) is 5.92 Å². The largest absolute Gasteiger partial charge is 0.387 e. The molecule has 1 saturated carbocycles. The second-order valence-electron chi connectivity index (χ2n) is 5.04. The number of nitrogens with zero attached hydrogens (tertiary/aromatic N) is 2. The highest BCUT2D eigenvalue weighted by Gasteiger charge is 2.19. The predicted molar refractivity (Wildman–Crippen MR) is 70.1 cm³/mol. The molecule has 1 aliphatic carbocycles. The van der Waals surface area contributed by atoms with Crippen LogP contribution in [-0.4, -0.2) is 23.7 Å². The minimum absolute atomic E-state index is 0.430. The van der Waals surface area contributed by atoms with Gasteiger partial charge < -0.3 is 10.0 Å². The molecule has 1 aromatic rings. The lowest BCUT2D eigenvalue weighted by molar-refractivity contribution is 0.169. The van der Waals surface area contributed by atoms with Gasteiger partial charge in [0, 0.05) is 13.6 Å². The highest BCUT2D eigenvalue weighted by molar-refractivity contribution is 5.43. The lowest BCUT2D eigenvalue weighted by Crippen LogP contribution is -2.29. The van der Waals surface area contributed by atoms with E-state index in [-0.39, 0.29) is 0 Å². The van der Waals surface area contributed by atoms with E-state index < -0.39 is 6.10 Å². The van der Waals surface area contributed by atoms with Gasteiger partial charge in [0.1, 0.15) is 0 Å². The standard InChI is InChI=1S/C14H22N2O/c1-3-14(17)13-8-7-12(9-15-13)16(2)10-11-5-4-6-11/h7-9,11,14,17H,3-6,10H2,1-2H3/t14-/m1/s1. The van der Waals surface area contributed by atoms with Gasteiger partial charge in [-0.2, -0.15) is 0 Å². The first kappa shape index (κ1) is 12.4. The van der Waals surface area contributed by atoms with E-state index in [1.807, 2.05) is 19.2 Å². The van der Waals surface area contributed by atoms with E-state index in [9.17, 15) is 5.11 Å². The molecule has 0 amide bonds. The molecule has 1 fully saturated rings. The molecule has 94 valence electrons. The summed E-state index contributed by atoms with van der Waals surface area (Å²) in [5, 5.41) is 9.68. The smallest absolute Gasteiger partial charge is 0.0957 e. The molecule has 17 heavy (non-hydrogen) atoms. The molecular formula is C14H22N2O. The summed E-state index contributed by atoms with van der Waals surface area (Å²) in [4.78, 5) is 6.59. The van der Waals surface area contributed by atoms with Gasteiger partial charge in [-0.1, -0.05) is 13.3 Å². The van der Waals surface area contributed by atoms with E-state index in [4.69, 9.17) is 0 Å². The van der Waals surface area contributed by atoms with Gasteiger partial charge in [-0.3, -0.25) is 4.98 Å². The highest BCUT2D eigenvalue weighted by Crippen LogP contribution is 2.28. The van der Waals surface area contributed by atoms with Crippen molar-refractivity contribution in [3.05, 3.63) is 24.0 Å². The molecule has 1 N–H and O–H groups in total. The van der Waals surface area contributed by atoms with Crippen molar-refractivity contribution in [2.45, 2.75) is 38.7 Å². The summed E-state index contributed by atoms with van der Waals surface area (Å²) in [6.07, 6.45) is 6.27. The summed E-state index contributed by atoms with van der Waals surface area (Å²) in [6.45, 7) is 3.08. The zero-order chi connectivity index (χ0) is 12.3. The number of aliphatic hydroxyl groups excluding tert-OH is 1. The average molecular weight is 234 g/mol. The SMILES string of the molecule is CC[C@@H](O)c1ccc(N(C)CC2CCC2)cn1. The zero-order valence-corrected chi connectivity index (χ0v) is 10.8. The Morgan fingerprint density at radius 2 is 2.24 bits per heavy atom. The van der Waals surface area contributed by atoms with Gasteiger partial charge in [0.15, 0.2) is 0 Å². The van der Waals surface area contributed by atoms with E-state index in [0.29, 0.717) is 6.42 Å². The molecule has 1 heterocycles.